The molecule has 1 aromatic carbocycles. The Kier molecular flexibility index (Phi) is 7.66. The minimum absolute atomic E-state index is 0.765. The van der Waals surface area contributed by atoms with Gasteiger partial charge in [0.15, 0.2) is 0 Å². The van der Waals surface area contributed by atoms with Gasteiger partial charge < -0.3 is 5.32 Å². The van der Waals surface area contributed by atoms with Crippen LogP contribution in [0.1, 0.15) is 46.0 Å². The van der Waals surface area contributed by atoms with Crippen molar-refractivity contribution >= 4 is 11.8 Å². The third-order valence-electron chi connectivity index (χ3n) is 4.53. The van der Waals surface area contributed by atoms with Gasteiger partial charge in [-0.25, -0.2) is 0 Å². The van der Waals surface area contributed by atoms with Crippen molar-refractivity contribution in [2.24, 2.45) is 17.8 Å². The second-order valence-corrected chi connectivity index (χ2v) is 7.98. The number of rotatable bonds is 8. The summed E-state index contributed by atoms with van der Waals surface area (Å²) in [5.74, 6) is 3.89. The van der Waals surface area contributed by atoms with Crippen LogP contribution >= 0.6 is 11.8 Å². The molecule has 118 valence electrons. The maximum atomic E-state index is 3.69. The van der Waals surface area contributed by atoms with Crippen molar-refractivity contribution < 1.29 is 0 Å². The molecule has 1 aliphatic rings. The van der Waals surface area contributed by atoms with E-state index in [9.17, 15) is 0 Å². The molecule has 0 bridgehead atoms. The van der Waals surface area contributed by atoms with Crippen molar-refractivity contribution in [3.8, 4) is 0 Å². The zero-order valence-corrected chi connectivity index (χ0v) is 14.5. The van der Waals surface area contributed by atoms with Crippen molar-refractivity contribution in [3.63, 3.8) is 0 Å². The normalized spacial score (nSPS) is 22.6. The highest BCUT2D eigenvalue weighted by atomic mass is 32.2. The van der Waals surface area contributed by atoms with Gasteiger partial charge in [0.25, 0.3) is 0 Å². The molecule has 0 amide bonds. The van der Waals surface area contributed by atoms with E-state index in [1.807, 2.05) is 11.8 Å². The van der Waals surface area contributed by atoms with E-state index in [-0.39, 0.29) is 0 Å². The number of thioether (sulfide) groups is 1. The van der Waals surface area contributed by atoms with E-state index in [4.69, 9.17) is 0 Å². The van der Waals surface area contributed by atoms with E-state index < -0.39 is 0 Å². The monoisotopic (exact) mass is 305 g/mol. The van der Waals surface area contributed by atoms with E-state index >= 15 is 0 Å². The minimum Gasteiger partial charge on any atom is -0.316 e. The summed E-state index contributed by atoms with van der Waals surface area (Å²) < 4.78 is 0. The van der Waals surface area contributed by atoms with Crippen LogP contribution in [0.3, 0.4) is 0 Å². The van der Waals surface area contributed by atoms with Gasteiger partial charge in [-0.3, -0.25) is 0 Å². The molecular weight excluding hydrogens is 274 g/mol. The quantitative estimate of drug-likeness (QED) is 0.661. The Morgan fingerprint density at radius 2 is 1.81 bits per heavy atom. The molecule has 0 radical (unpaired) electrons. The van der Waals surface area contributed by atoms with Gasteiger partial charge in [-0.15, -0.1) is 11.8 Å². The van der Waals surface area contributed by atoms with Crippen LogP contribution in [0, 0.1) is 17.8 Å². The van der Waals surface area contributed by atoms with Crippen LogP contribution in [-0.2, 0) is 0 Å². The molecule has 1 saturated carbocycles. The van der Waals surface area contributed by atoms with Crippen LogP contribution in [-0.4, -0.2) is 18.8 Å². The van der Waals surface area contributed by atoms with Crippen molar-refractivity contribution in [2.45, 2.75) is 50.8 Å². The maximum absolute atomic E-state index is 3.69. The lowest BCUT2D eigenvalue weighted by molar-refractivity contribution is 0.223. The molecule has 0 heterocycles. The summed E-state index contributed by atoms with van der Waals surface area (Å²) in [6.45, 7) is 6.99. The summed E-state index contributed by atoms with van der Waals surface area (Å²) in [5, 5.41) is 3.69. The standard InChI is InChI=1S/C19H31NS/c1-16(2)14-20-15-18-9-7-6-8-17(18)12-13-21-19-10-4-3-5-11-19/h3-5,10-11,16-18,20H,6-9,12-15H2,1-2H3. The molecule has 0 aromatic heterocycles. The van der Waals surface area contributed by atoms with Crippen molar-refractivity contribution in [3.05, 3.63) is 30.3 Å². The molecule has 1 nitrogen and oxygen atoms in total. The smallest absolute Gasteiger partial charge is 0.00719 e. The molecule has 0 aliphatic heterocycles. The molecule has 1 fully saturated rings. The van der Waals surface area contributed by atoms with E-state index in [2.05, 4.69) is 49.5 Å². The van der Waals surface area contributed by atoms with Crippen LogP contribution in [0.2, 0.25) is 0 Å². The second kappa shape index (κ2) is 9.53. The first-order valence-corrected chi connectivity index (χ1v) is 9.63. The lowest BCUT2D eigenvalue weighted by atomic mass is 9.78. The Hall–Kier alpha value is -0.470. The Bertz CT molecular complexity index is 376. The lowest BCUT2D eigenvalue weighted by Gasteiger charge is -2.32. The zero-order valence-electron chi connectivity index (χ0n) is 13.7. The third-order valence-corrected chi connectivity index (χ3v) is 5.57. The topological polar surface area (TPSA) is 12.0 Å². The van der Waals surface area contributed by atoms with Gasteiger partial charge in [0, 0.05) is 4.90 Å². The van der Waals surface area contributed by atoms with E-state index in [1.165, 1.54) is 55.8 Å². The van der Waals surface area contributed by atoms with Crippen LogP contribution < -0.4 is 5.32 Å². The fraction of sp³-hybridized carbons (Fsp3) is 0.684. The fourth-order valence-electron chi connectivity index (χ4n) is 3.34. The Balaban J connectivity index is 1.71. The Morgan fingerprint density at radius 3 is 2.52 bits per heavy atom. The van der Waals surface area contributed by atoms with Crippen LogP contribution in [0.5, 0.6) is 0 Å². The molecule has 2 unspecified atom stereocenters. The summed E-state index contributed by atoms with van der Waals surface area (Å²) in [6.07, 6.45) is 7.15. The van der Waals surface area contributed by atoms with Crippen LogP contribution in [0.25, 0.3) is 0 Å². The largest absolute Gasteiger partial charge is 0.316 e. The summed E-state index contributed by atoms with van der Waals surface area (Å²) in [4.78, 5) is 1.42. The highest BCUT2D eigenvalue weighted by molar-refractivity contribution is 7.99. The summed E-state index contributed by atoms with van der Waals surface area (Å²) in [6, 6.07) is 10.8. The third kappa shape index (κ3) is 6.44. The first kappa shape index (κ1) is 16.9. The highest BCUT2D eigenvalue weighted by Gasteiger charge is 2.24. The van der Waals surface area contributed by atoms with Gasteiger partial charge in [0.1, 0.15) is 0 Å². The predicted molar refractivity (Wildman–Crippen MR) is 94.9 cm³/mol. The van der Waals surface area contributed by atoms with Crippen LogP contribution in [0.4, 0.5) is 0 Å². The lowest BCUT2D eigenvalue weighted by Crippen LogP contribution is -2.32. The van der Waals surface area contributed by atoms with Gasteiger partial charge >= 0.3 is 0 Å². The van der Waals surface area contributed by atoms with Gasteiger partial charge in [-0.2, -0.15) is 0 Å². The predicted octanol–water partition coefficient (Wildman–Crippen LogP) is 5.22. The Morgan fingerprint density at radius 1 is 1.10 bits per heavy atom. The van der Waals surface area contributed by atoms with E-state index in [0.29, 0.717) is 0 Å². The number of benzene rings is 1. The molecule has 2 rings (SSSR count). The molecule has 0 spiro atoms. The molecule has 1 N–H and O–H groups in total. The first-order valence-electron chi connectivity index (χ1n) is 8.64. The second-order valence-electron chi connectivity index (χ2n) is 6.81. The van der Waals surface area contributed by atoms with Gasteiger partial charge in [0.2, 0.25) is 0 Å². The molecule has 2 atom stereocenters. The fourth-order valence-corrected chi connectivity index (χ4v) is 4.34. The average molecular weight is 306 g/mol. The van der Waals surface area contributed by atoms with E-state index in [1.54, 1.807) is 0 Å². The summed E-state index contributed by atoms with van der Waals surface area (Å²) in [7, 11) is 0. The first-order chi connectivity index (χ1) is 10.3. The SMILES string of the molecule is CC(C)CNCC1CCCCC1CCSc1ccccc1. The summed E-state index contributed by atoms with van der Waals surface area (Å²) in [5.41, 5.74) is 0. The zero-order chi connectivity index (χ0) is 14.9. The average Bonchev–Trinajstić information content (AvgIpc) is 2.49. The maximum Gasteiger partial charge on any atom is 0.00719 e. The minimum atomic E-state index is 0.765. The van der Waals surface area contributed by atoms with Gasteiger partial charge in [-0.05, 0) is 61.6 Å². The Labute approximate surface area is 135 Å². The highest BCUT2D eigenvalue weighted by Crippen LogP contribution is 2.33. The van der Waals surface area contributed by atoms with Crippen molar-refractivity contribution in [2.75, 3.05) is 18.8 Å². The molecule has 2 heteroatoms. The van der Waals surface area contributed by atoms with Crippen LogP contribution in [0.15, 0.2) is 35.2 Å². The number of hydrogen-bond donors (Lipinski definition) is 1. The number of nitrogens with one attached hydrogen (secondary N) is 1. The van der Waals surface area contributed by atoms with E-state index in [0.717, 1.165) is 17.8 Å². The van der Waals surface area contributed by atoms with Crippen molar-refractivity contribution in [1.29, 1.82) is 0 Å². The molecule has 1 aromatic rings. The summed E-state index contributed by atoms with van der Waals surface area (Å²) >= 11 is 2.02. The molecule has 21 heavy (non-hydrogen) atoms. The van der Waals surface area contributed by atoms with Gasteiger partial charge in [0.05, 0.1) is 0 Å². The van der Waals surface area contributed by atoms with Crippen molar-refractivity contribution in [1.82, 2.24) is 5.32 Å². The molecule has 1 aliphatic carbocycles. The molecular formula is C19H31NS. The number of hydrogen-bond acceptors (Lipinski definition) is 2. The molecule has 0 saturated heterocycles. The van der Waals surface area contributed by atoms with Gasteiger partial charge in [-0.1, -0.05) is 51.3 Å².